The molecule has 160 valence electrons. The van der Waals surface area contributed by atoms with E-state index in [0.29, 0.717) is 5.02 Å². The van der Waals surface area contributed by atoms with E-state index in [1.165, 1.54) is 25.3 Å². The van der Waals surface area contributed by atoms with Crippen LogP contribution in [0, 0.1) is 0 Å². The first-order valence-electron chi connectivity index (χ1n) is 9.31. The summed E-state index contributed by atoms with van der Waals surface area (Å²) in [5.74, 6) is -1.07. The zero-order valence-electron chi connectivity index (χ0n) is 16.2. The van der Waals surface area contributed by atoms with Gasteiger partial charge in [-0.1, -0.05) is 23.7 Å². The van der Waals surface area contributed by atoms with E-state index < -0.39 is 18.1 Å². The Morgan fingerprint density at radius 2 is 1.83 bits per heavy atom. The Balaban J connectivity index is 1.60. The van der Waals surface area contributed by atoms with Crippen LogP contribution in [0.4, 0.5) is 8.78 Å². The summed E-state index contributed by atoms with van der Waals surface area (Å²) < 4.78 is 34.1. The highest BCUT2D eigenvalue weighted by molar-refractivity contribution is 6.30. The highest BCUT2D eigenvalue weighted by Gasteiger charge is 2.39. The van der Waals surface area contributed by atoms with Crippen molar-refractivity contribution < 1.29 is 27.8 Å². The second-order valence-electron chi connectivity index (χ2n) is 6.92. The molecule has 0 aromatic heterocycles. The molecule has 30 heavy (non-hydrogen) atoms. The van der Waals surface area contributed by atoms with Crippen molar-refractivity contribution in [2.45, 2.75) is 31.4 Å². The van der Waals surface area contributed by atoms with Gasteiger partial charge in [0.2, 0.25) is 5.91 Å². The second kappa shape index (κ2) is 9.30. The fourth-order valence-electron chi connectivity index (χ4n) is 3.36. The minimum absolute atomic E-state index is 0.0106. The Morgan fingerprint density at radius 3 is 2.40 bits per heavy atom. The maximum atomic E-state index is 12.4. The number of ether oxygens (including phenoxy) is 2. The molecular formula is C21H21ClF2N2O4. The first-order chi connectivity index (χ1) is 14.3. The molecule has 2 aromatic rings. The fraction of sp³-hybridized carbons (Fsp3) is 0.333. The lowest BCUT2D eigenvalue weighted by Crippen LogP contribution is -2.53. The first kappa shape index (κ1) is 21.8. The topological polar surface area (TPSA) is 76.7 Å². The summed E-state index contributed by atoms with van der Waals surface area (Å²) in [5.41, 5.74) is 0.665. The highest BCUT2D eigenvalue weighted by atomic mass is 35.5. The lowest BCUT2D eigenvalue weighted by Gasteiger charge is -2.43. The van der Waals surface area contributed by atoms with Gasteiger partial charge in [0.25, 0.3) is 5.91 Å². The highest BCUT2D eigenvalue weighted by Crippen LogP contribution is 2.41. The van der Waals surface area contributed by atoms with Crippen molar-refractivity contribution in [3.8, 4) is 11.5 Å². The zero-order chi connectivity index (χ0) is 21.7. The summed E-state index contributed by atoms with van der Waals surface area (Å²) in [5, 5.41) is 6.14. The largest absolute Gasteiger partial charge is 0.493 e. The molecule has 1 saturated carbocycles. The molecule has 0 unspecified atom stereocenters. The molecule has 0 spiro atoms. The van der Waals surface area contributed by atoms with Crippen molar-refractivity contribution in [1.82, 2.24) is 10.6 Å². The third kappa shape index (κ3) is 4.99. The molecule has 2 aromatic carbocycles. The van der Waals surface area contributed by atoms with E-state index in [9.17, 15) is 18.4 Å². The average Bonchev–Trinajstić information content (AvgIpc) is 2.69. The molecule has 9 heteroatoms. The van der Waals surface area contributed by atoms with Crippen molar-refractivity contribution in [3.05, 3.63) is 58.6 Å². The number of alkyl halides is 2. The molecule has 0 radical (unpaired) electrons. The number of carbonyl (C=O) groups excluding carboxylic acids is 2. The minimum Gasteiger partial charge on any atom is -0.493 e. The van der Waals surface area contributed by atoms with Crippen LogP contribution in [0.5, 0.6) is 11.5 Å². The molecule has 0 saturated heterocycles. The molecule has 1 aliphatic carbocycles. The third-order valence-corrected chi connectivity index (χ3v) is 5.29. The van der Waals surface area contributed by atoms with Crippen molar-refractivity contribution in [3.63, 3.8) is 0 Å². The van der Waals surface area contributed by atoms with Crippen LogP contribution in [0.2, 0.25) is 5.02 Å². The number of nitrogens with one attached hydrogen (secondary N) is 2. The first-order valence-corrected chi connectivity index (χ1v) is 9.69. The SMILES string of the molecule is COc1cc(C(=O)NCC(=O)NC2(c3ccc(Cl)cc3)CCC2)ccc1OC(F)F. The zero-order valence-corrected chi connectivity index (χ0v) is 17.0. The lowest BCUT2D eigenvalue weighted by atomic mass is 9.72. The predicted molar refractivity (Wildman–Crippen MR) is 107 cm³/mol. The van der Waals surface area contributed by atoms with Crippen LogP contribution in [0.25, 0.3) is 0 Å². The van der Waals surface area contributed by atoms with Crippen molar-refractivity contribution in [2.75, 3.05) is 13.7 Å². The molecule has 0 heterocycles. The van der Waals surface area contributed by atoms with E-state index >= 15 is 0 Å². The Kier molecular flexibility index (Phi) is 6.77. The molecule has 0 aliphatic heterocycles. The van der Waals surface area contributed by atoms with Crippen LogP contribution in [-0.2, 0) is 10.3 Å². The molecule has 3 rings (SSSR count). The monoisotopic (exact) mass is 438 g/mol. The van der Waals surface area contributed by atoms with Gasteiger partial charge in [-0.3, -0.25) is 9.59 Å². The second-order valence-corrected chi connectivity index (χ2v) is 7.35. The molecular weight excluding hydrogens is 418 g/mol. The molecule has 0 bridgehead atoms. The number of benzene rings is 2. The van der Waals surface area contributed by atoms with Gasteiger partial charge in [-0.15, -0.1) is 0 Å². The van der Waals surface area contributed by atoms with E-state index in [4.69, 9.17) is 16.3 Å². The summed E-state index contributed by atoms with van der Waals surface area (Å²) in [6, 6.07) is 11.1. The van der Waals surface area contributed by atoms with E-state index in [-0.39, 0.29) is 29.5 Å². The summed E-state index contributed by atoms with van der Waals surface area (Å²) in [4.78, 5) is 24.8. The van der Waals surface area contributed by atoms with Gasteiger partial charge in [-0.2, -0.15) is 8.78 Å². The number of halogens is 3. The Morgan fingerprint density at radius 1 is 1.13 bits per heavy atom. The standard InChI is InChI=1S/C21H21ClF2N2O4/c1-29-17-11-13(3-8-16(17)30-20(23)24)19(28)25-12-18(27)26-21(9-2-10-21)14-4-6-15(22)7-5-14/h3-8,11,20H,2,9-10,12H2,1H3,(H,25,28)(H,26,27). The molecule has 2 N–H and O–H groups in total. The van der Waals surface area contributed by atoms with Gasteiger partial charge in [-0.05, 0) is 55.2 Å². The van der Waals surface area contributed by atoms with Crippen LogP contribution >= 0.6 is 11.6 Å². The lowest BCUT2D eigenvalue weighted by molar-refractivity contribution is -0.123. The maximum absolute atomic E-state index is 12.4. The van der Waals surface area contributed by atoms with E-state index in [2.05, 4.69) is 15.4 Å². The summed E-state index contributed by atoms with van der Waals surface area (Å²) in [6.07, 6.45) is 2.59. The van der Waals surface area contributed by atoms with Crippen LogP contribution in [0.1, 0.15) is 35.2 Å². The number of carbonyl (C=O) groups is 2. The Hall–Kier alpha value is -2.87. The summed E-state index contributed by atoms with van der Waals surface area (Å²) in [6.45, 7) is -3.24. The van der Waals surface area contributed by atoms with Gasteiger partial charge in [0.15, 0.2) is 11.5 Å². The van der Waals surface area contributed by atoms with Crippen molar-refractivity contribution in [2.24, 2.45) is 0 Å². The fourth-order valence-corrected chi connectivity index (χ4v) is 3.49. The smallest absolute Gasteiger partial charge is 0.387 e. The van der Waals surface area contributed by atoms with Gasteiger partial charge in [0.1, 0.15) is 0 Å². The molecule has 0 atom stereocenters. The number of hydrogen-bond acceptors (Lipinski definition) is 4. The number of hydrogen-bond donors (Lipinski definition) is 2. The van der Waals surface area contributed by atoms with E-state index in [0.717, 1.165) is 24.8 Å². The van der Waals surface area contributed by atoms with Gasteiger partial charge in [0.05, 0.1) is 19.2 Å². The van der Waals surface area contributed by atoms with Crippen molar-refractivity contribution in [1.29, 1.82) is 0 Å². The third-order valence-electron chi connectivity index (χ3n) is 5.03. The van der Waals surface area contributed by atoms with Crippen LogP contribution in [0.15, 0.2) is 42.5 Å². The molecule has 1 aliphatic rings. The van der Waals surface area contributed by atoms with E-state index in [1.807, 2.05) is 12.1 Å². The number of methoxy groups -OCH3 is 1. The quantitative estimate of drug-likeness (QED) is 0.656. The van der Waals surface area contributed by atoms with Crippen LogP contribution < -0.4 is 20.1 Å². The number of amides is 2. The van der Waals surface area contributed by atoms with Crippen LogP contribution in [-0.4, -0.2) is 32.1 Å². The summed E-state index contributed by atoms with van der Waals surface area (Å²) in [7, 11) is 1.28. The van der Waals surface area contributed by atoms with Gasteiger partial charge >= 0.3 is 6.61 Å². The van der Waals surface area contributed by atoms with Gasteiger partial charge in [-0.25, -0.2) is 0 Å². The number of rotatable bonds is 8. The maximum Gasteiger partial charge on any atom is 0.387 e. The van der Waals surface area contributed by atoms with Gasteiger partial charge < -0.3 is 20.1 Å². The molecule has 2 amide bonds. The van der Waals surface area contributed by atoms with Gasteiger partial charge in [0, 0.05) is 10.6 Å². The average molecular weight is 439 g/mol. The van der Waals surface area contributed by atoms with E-state index in [1.54, 1.807) is 12.1 Å². The Labute approximate surface area is 177 Å². The molecule has 1 fully saturated rings. The normalized spacial score (nSPS) is 14.6. The predicted octanol–water partition coefficient (Wildman–Crippen LogP) is 3.88. The minimum atomic E-state index is -3.01. The van der Waals surface area contributed by atoms with Crippen molar-refractivity contribution >= 4 is 23.4 Å². The Bertz CT molecular complexity index is 918. The van der Waals surface area contributed by atoms with Crippen LogP contribution in [0.3, 0.4) is 0 Å². The molecule has 6 nitrogen and oxygen atoms in total. The summed E-state index contributed by atoms with van der Waals surface area (Å²) >= 11 is 5.94.